The van der Waals surface area contributed by atoms with Crippen LogP contribution in [0.3, 0.4) is 0 Å². The third-order valence-electron chi connectivity index (χ3n) is 6.20. The molecule has 1 aliphatic carbocycles. The fraction of sp³-hybridized carbons (Fsp3) is 0.348. The van der Waals surface area contributed by atoms with E-state index in [0.29, 0.717) is 12.0 Å². The molecule has 6 rings (SSSR count). The first-order chi connectivity index (χ1) is 12.8. The molecule has 1 saturated heterocycles. The van der Waals surface area contributed by atoms with Crippen molar-refractivity contribution in [1.82, 2.24) is 9.88 Å². The summed E-state index contributed by atoms with van der Waals surface area (Å²) in [4.78, 5) is 18.2. The van der Waals surface area contributed by atoms with E-state index in [-0.39, 0.29) is 5.56 Å². The van der Waals surface area contributed by atoms with Crippen molar-refractivity contribution in [2.24, 2.45) is 5.92 Å². The molecule has 3 heteroatoms. The Labute approximate surface area is 153 Å². The van der Waals surface area contributed by atoms with Crippen molar-refractivity contribution < 1.29 is 0 Å². The van der Waals surface area contributed by atoms with Gasteiger partial charge in [0, 0.05) is 30.2 Å². The van der Waals surface area contributed by atoms with E-state index in [1.54, 1.807) is 0 Å². The molecule has 2 atom stereocenters. The molecule has 2 aliphatic heterocycles. The van der Waals surface area contributed by atoms with Gasteiger partial charge in [-0.05, 0) is 60.2 Å². The highest BCUT2D eigenvalue weighted by Gasteiger charge is 2.32. The summed E-state index contributed by atoms with van der Waals surface area (Å²) < 4.78 is 0. The van der Waals surface area contributed by atoms with Gasteiger partial charge >= 0.3 is 0 Å². The van der Waals surface area contributed by atoms with Crippen molar-refractivity contribution in [2.75, 3.05) is 6.54 Å². The van der Waals surface area contributed by atoms with Gasteiger partial charge in [0.2, 0.25) is 0 Å². The zero-order valence-electron chi connectivity index (χ0n) is 14.9. The molecule has 0 spiro atoms. The lowest BCUT2D eigenvalue weighted by Gasteiger charge is -2.42. The summed E-state index contributed by atoms with van der Waals surface area (Å²) in [6.45, 7) is 1.86. The van der Waals surface area contributed by atoms with E-state index in [1.165, 1.54) is 30.4 Å². The largest absolute Gasteiger partial charge is 0.322 e. The topological polar surface area (TPSA) is 36.1 Å². The minimum Gasteiger partial charge on any atom is -0.322 e. The van der Waals surface area contributed by atoms with Gasteiger partial charge in [0.25, 0.3) is 5.56 Å². The van der Waals surface area contributed by atoms with Gasteiger partial charge < -0.3 is 4.98 Å². The molecule has 132 valence electrons. The number of rotatable bonds is 2. The Balaban J connectivity index is 1.46. The van der Waals surface area contributed by atoms with Gasteiger partial charge in [-0.25, -0.2) is 0 Å². The molecule has 0 radical (unpaired) electrons. The first-order valence-corrected chi connectivity index (χ1v) is 9.68. The number of fused-ring (bicyclic) bond motifs is 3. The Morgan fingerprint density at radius 1 is 0.962 bits per heavy atom. The smallest absolute Gasteiger partial charge is 0.252 e. The zero-order chi connectivity index (χ0) is 17.5. The second kappa shape index (κ2) is 6.40. The number of benzene rings is 2. The molecular weight excluding hydrogens is 320 g/mol. The van der Waals surface area contributed by atoms with Crippen LogP contribution >= 0.6 is 0 Å². The molecule has 26 heavy (non-hydrogen) atoms. The fourth-order valence-electron chi connectivity index (χ4n) is 4.82. The molecule has 2 aromatic carbocycles. The monoisotopic (exact) mass is 344 g/mol. The van der Waals surface area contributed by atoms with Gasteiger partial charge in [0.05, 0.1) is 0 Å². The van der Waals surface area contributed by atoms with Gasteiger partial charge in [-0.15, -0.1) is 0 Å². The van der Waals surface area contributed by atoms with Crippen molar-refractivity contribution in [3.8, 4) is 0 Å². The van der Waals surface area contributed by atoms with Crippen LogP contribution in [0, 0.1) is 5.92 Å². The third-order valence-corrected chi connectivity index (χ3v) is 6.20. The van der Waals surface area contributed by atoms with E-state index >= 15 is 0 Å². The maximum atomic E-state index is 12.6. The summed E-state index contributed by atoms with van der Waals surface area (Å²) in [6, 6.07) is 19.6. The van der Waals surface area contributed by atoms with Gasteiger partial charge in [-0.1, -0.05) is 42.5 Å². The van der Waals surface area contributed by atoms with E-state index in [4.69, 9.17) is 0 Å². The Morgan fingerprint density at radius 2 is 1.73 bits per heavy atom. The predicted molar refractivity (Wildman–Crippen MR) is 105 cm³/mol. The first kappa shape index (κ1) is 15.8. The number of para-hydroxylation sites is 1. The van der Waals surface area contributed by atoms with Crippen LogP contribution < -0.4 is 5.56 Å². The molecule has 0 amide bonds. The molecule has 2 unspecified atom stereocenters. The Hall–Kier alpha value is -2.39. The Morgan fingerprint density at radius 3 is 2.62 bits per heavy atom. The molecule has 1 fully saturated rings. The van der Waals surface area contributed by atoms with Gasteiger partial charge in [-0.3, -0.25) is 9.69 Å². The van der Waals surface area contributed by atoms with Gasteiger partial charge in [0.1, 0.15) is 0 Å². The number of pyridine rings is 1. The summed E-state index contributed by atoms with van der Waals surface area (Å²) >= 11 is 0. The van der Waals surface area contributed by atoms with Crippen LogP contribution in [0.5, 0.6) is 0 Å². The first-order valence-electron chi connectivity index (χ1n) is 9.68. The predicted octanol–water partition coefficient (Wildman–Crippen LogP) is 3.91. The molecule has 1 aromatic heterocycles. The van der Waals surface area contributed by atoms with Crippen molar-refractivity contribution >= 4 is 10.9 Å². The Bertz CT molecular complexity index is 1010. The summed E-state index contributed by atoms with van der Waals surface area (Å²) in [5, 5.41) is 1.12. The average Bonchev–Trinajstić information content (AvgIpc) is 2.63. The van der Waals surface area contributed by atoms with Crippen molar-refractivity contribution in [1.29, 1.82) is 0 Å². The highest BCUT2D eigenvalue weighted by Crippen LogP contribution is 2.32. The molecular formula is C23H24N2O. The van der Waals surface area contributed by atoms with Crippen LogP contribution in [0.1, 0.15) is 29.5 Å². The zero-order valence-corrected chi connectivity index (χ0v) is 14.9. The molecule has 3 heterocycles. The summed E-state index contributed by atoms with van der Waals surface area (Å²) in [6.07, 6.45) is 4.83. The number of nitrogens with one attached hydrogen (secondary N) is 1. The molecule has 3 nitrogen and oxygen atoms in total. The van der Waals surface area contributed by atoms with E-state index in [1.807, 2.05) is 18.2 Å². The third kappa shape index (κ3) is 2.86. The molecule has 0 saturated carbocycles. The van der Waals surface area contributed by atoms with Crippen LogP contribution in [0.15, 0.2) is 59.4 Å². The van der Waals surface area contributed by atoms with Crippen LogP contribution in [-0.4, -0.2) is 22.5 Å². The summed E-state index contributed by atoms with van der Waals surface area (Å²) in [5.74, 6) is 0.701. The molecule has 1 N–H and O–H groups in total. The minimum absolute atomic E-state index is 0.0574. The number of piperidine rings is 1. The average molecular weight is 344 g/mol. The highest BCUT2D eigenvalue weighted by atomic mass is 16.1. The highest BCUT2D eigenvalue weighted by molar-refractivity contribution is 5.78. The second-order valence-electron chi connectivity index (χ2n) is 7.91. The molecule has 3 aromatic rings. The van der Waals surface area contributed by atoms with E-state index in [2.05, 4.69) is 46.3 Å². The lowest BCUT2D eigenvalue weighted by molar-refractivity contribution is 0.0934. The standard InChI is InChI=1S/C23H24N2O/c26-23-20(12-19-7-3-4-8-22(19)24-23)15-25-14-16-9-10-21(25)13-18-6-2-1-5-17(18)11-16/h1-8,12,16,21H,9-11,13-15H2,(H,24,26). The van der Waals surface area contributed by atoms with Gasteiger partial charge in [0.15, 0.2) is 0 Å². The lowest BCUT2D eigenvalue weighted by Crippen LogP contribution is -2.46. The second-order valence-corrected chi connectivity index (χ2v) is 7.91. The van der Waals surface area contributed by atoms with Crippen molar-refractivity contribution in [2.45, 2.75) is 38.3 Å². The summed E-state index contributed by atoms with van der Waals surface area (Å²) in [7, 11) is 0. The van der Waals surface area contributed by atoms with Crippen LogP contribution in [0.4, 0.5) is 0 Å². The van der Waals surface area contributed by atoms with Crippen LogP contribution in [-0.2, 0) is 19.4 Å². The van der Waals surface area contributed by atoms with Crippen molar-refractivity contribution in [3.05, 3.63) is 81.6 Å². The van der Waals surface area contributed by atoms with Crippen LogP contribution in [0.2, 0.25) is 0 Å². The van der Waals surface area contributed by atoms with E-state index in [0.717, 1.165) is 36.0 Å². The fourth-order valence-corrected chi connectivity index (χ4v) is 4.82. The van der Waals surface area contributed by atoms with Gasteiger partial charge in [-0.2, -0.15) is 0 Å². The SMILES string of the molecule is O=c1[nH]c2ccccc2cc1CN1CC2CCC1Cc1ccccc1C2. The van der Waals surface area contributed by atoms with E-state index < -0.39 is 0 Å². The number of hydrogen-bond donors (Lipinski definition) is 1. The van der Waals surface area contributed by atoms with Crippen molar-refractivity contribution in [3.63, 3.8) is 0 Å². The number of aromatic nitrogens is 1. The number of H-pyrrole nitrogens is 1. The molecule has 3 aliphatic rings. The normalized spacial score (nSPS) is 22.8. The maximum Gasteiger partial charge on any atom is 0.252 e. The number of aromatic amines is 1. The maximum absolute atomic E-state index is 12.6. The summed E-state index contributed by atoms with van der Waals surface area (Å²) in [5.41, 5.74) is 4.90. The lowest BCUT2D eigenvalue weighted by atomic mass is 9.80. The van der Waals surface area contributed by atoms with E-state index in [9.17, 15) is 4.79 Å². The molecule has 2 bridgehead atoms. The minimum atomic E-state index is 0.0574. The quantitative estimate of drug-likeness (QED) is 0.765. The Kier molecular flexibility index (Phi) is 3.90. The number of nitrogens with zero attached hydrogens (tertiary/aromatic N) is 1. The van der Waals surface area contributed by atoms with Crippen LogP contribution in [0.25, 0.3) is 10.9 Å². The number of hydrogen-bond acceptors (Lipinski definition) is 2.